The zero-order valence-electron chi connectivity index (χ0n) is 18.4. The van der Waals surface area contributed by atoms with Gasteiger partial charge in [-0.25, -0.2) is 0 Å². The third-order valence-corrected chi connectivity index (χ3v) is 5.65. The lowest BCUT2D eigenvalue weighted by Crippen LogP contribution is -2.48. The van der Waals surface area contributed by atoms with Crippen LogP contribution in [0.15, 0.2) is 42.5 Å². The van der Waals surface area contributed by atoms with Crippen molar-refractivity contribution in [1.82, 2.24) is 4.90 Å². The zero-order valence-corrected chi connectivity index (χ0v) is 18.4. The highest BCUT2D eigenvalue weighted by atomic mass is 16.5. The summed E-state index contributed by atoms with van der Waals surface area (Å²) in [5.41, 5.74) is 3.23. The number of carbonyl (C=O) groups is 1. The van der Waals surface area contributed by atoms with E-state index in [1.807, 2.05) is 47.4 Å². The first-order chi connectivity index (χ1) is 14.5. The summed E-state index contributed by atoms with van der Waals surface area (Å²) in [7, 11) is 4.93. The highest BCUT2D eigenvalue weighted by Crippen LogP contribution is 2.28. The predicted molar refractivity (Wildman–Crippen MR) is 118 cm³/mol. The number of carbonyl (C=O) groups excluding carboxylic acids is 1. The van der Waals surface area contributed by atoms with Gasteiger partial charge in [-0.3, -0.25) is 9.69 Å². The molecule has 6 heteroatoms. The van der Waals surface area contributed by atoms with E-state index in [0.29, 0.717) is 0 Å². The van der Waals surface area contributed by atoms with Gasteiger partial charge in [-0.2, -0.15) is 0 Å². The third kappa shape index (κ3) is 5.32. The standard InChI is InChI=1S/C24H32N2O4/c1-18-5-7-20(8-6-18)26(24(27)17-28-2)21-11-13-25(14-12-21)16-19-15-22(29-3)9-10-23(19)30-4/h5-10,15,21H,11-14,16-17H2,1-4H3. The Hall–Kier alpha value is -2.57. The molecule has 0 aliphatic carbocycles. The van der Waals surface area contributed by atoms with E-state index in [1.54, 1.807) is 21.3 Å². The predicted octanol–water partition coefficient (Wildman–Crippen LogP) is 3.66. The summed E-state index contributed by atoms with van der Waals surface area (Å²) in [6, 6.07) is 14.2. The topological polar surface area (TPSA) is 51.2 Å². The third-order valence-electron chi connectivity index (χ3n) is 5.65. The molecule has 3 rings (SSSR count). The van der Waals surface area contributed by atoms with Crippen LogP contribution >= 0.6 is 0 Å². The Kier molecular flexibility index (Phi) is 7.71. The Labute approximate surface area is 179 Å². The average Bonchev–Trinajstić information content (AvgIpc) is 2.76. The number of anilines is 1. The normalized spacial score (nSPS) is 15.1. The molecule has 6 nitrogen and oxygen atoms in total. The van der Waals surface area contributed by atoms with Crippen LogP contribution in [0.1, 0.15) is 24.0 Å². The van der Waals surface area contributed by atoms with Crippen molar-refractivity contribution in [3.05, 3.63) is 53.6 Å². The number of aryl methyl sites for hydroxylation is 1. The van der Waals surface area contributed by atoms with E-state index >= 15 is 0 Å². The van der Waals surface area contributed by atoms with Crippen LogP contribution in [0, 0.1) is 6.92 Å². The van der Waals surface area contributed by atoms with E-state index in [0.717, 1.165) is 55.2 Å². The molecule has 0 atom stereocenters. The SMILES string of the molecule is COCC(=O)N(c1ccc(C)cc1)C1CCN(Cc2cc(OC)ccc2OC)CC1. The molecule has 0 aromatic heterocycles. The van der Waals surface area contributed by atoms with Crippen molar-refractivity contribution in [3.63, 3.8) is 0 Å². The summed E-state index contributed by atoms with van der Waals surface area (Å²) in [6.45, 7) is 4.76. The van der Waals surface area contributed by atoms with Crippen LogP contribution in [-0.2, 0) is 16.1 Å². The van der Waals surface area contributed by atoms with Crippen molar-refractivity contribution in [2.24, 2.45) is 0 Å². The Morgan fingerprint density at radius 2 is 1.73 bits per heavy atom. The van der Waals surface area contributed by atoms with Crippen LogP contribution < -0.4 is 14.4 Å². The number of ether oxygens (including phenoxy) is 3. The van der Waals surface area contributed by atoms with E-state index in [1.165, 1.54) is 5.56 Å². The fourth-order valence-electron chi connectivity index (χ4n) is 4.04. The number of piperidine rings is 1. The van der Waals surface area contributed by atoms with Gasteiger partial charge in [-0.15, -0.1) is 0 Å². The number of benzene rings is 2. The fourth-order valence-corrected chi connectivity index (χ4v) is 4.04. The zero-order chi connectivity index (χ0) is 21.5. The molecule has 2 aromatic carbocycles. The Morgan fingerprint density at radius 3 is 2.33 bits per heavy atom. The molecular weight excluding hydrogens is 380 g/mol. The molecule has 30 heavy (non-hydrogen) atoms. The maximum absolute atomic E-state index is 12.8. The lowest BCUT2D eigenvalue weighted by atomic mass is 10.0. The van der Waals surface area contributed by atoms with Crippen molar-refractivity contribution in [2.45, 2.75) is 32.4 Å². The molecule has 1 amide bonds. The average molecular weight is 413 g/mol. The van der Waals surface area contributed by atoms with Crippen LogP contribution in [0.25, 0.3) is 0 Å². The van der Waals surface area contributed by atoms with Gasteiger partial charge in [-0.1, -0.05) is 17.7 Å². The van der Waals surface area contributed by atoms with E-state index in [2.05, 4.69) is 11.8 Å². The Morgan fingerprint density at radius 1 is 1.03 bits per heavy atom. The first kappa shape index (κ1) is 22.1. The molecule has 0 bridgehead atoms. The minimum atomic E-state index is 0.00858. The van der Waals surface area contributed by atoms with E-state index in [9.17, 15) is 4.79 Å². The van der Waals surface area contributed by atoms with Crippen molar-refractivity contribution in [3.8, 4) is 11.5 Å². The molecular formula is C24H32N2O4. The highest BCUT2D eigenvalue weighted by Gasteiger charge is 2.29. The second kappa shape index (κ2) is 10.5. The quantitative estimate of drug-likeness (QED) is 0.662. The molecule has 1 fully saturated rings. The monoisotopic (exact) mass is 412 g/mol. The minimum absolute atomic E-state index is 0.00858. The van der Waals surface area contributed by atoms with Gasteiger partial charge in [0.25, 0.3) is 5.91 Å². The van der Waals surface area contributed by atoms with Crippen LogP contribution in [0.2, 0.25) is 0 Å². The molecule has 1 aliphatic heterocycles. The molecule has 162 valence electrons. The lowest BCUT2D eigenvalue weighted by molar-refractivity contribution is -0.122. The van der Waals surface area contributed by atoms with Crippen molar-refractivity contribution < 1.29 is 19.0 Å². The van der Waals surface area contributed by atoms with Crippen molar-refractivity contribution in [2.75, 3.05) is 45.9 Å². The summed E-state index contributed by atoms with van der Waals surface area (Å²) >= 11 is 0. The number of amides is 1. The van der Waals surface area contributed by atoms with Crippen LogP contribution in [0.4, 0.5) is 5.69 Å². The molecule has 0 radical (unpaired) electrons. The number of methoxy groups -OCH3 is 3. The molecule has 1 heterocycles. The number of likely N-dealkylation sites (tertiary alicyclic amines) is 1. The number of nitrogens with zero attached hydrogens (tertiary/aromatic N) is 2. The molecule has 1 aliphatic rings. The van der Waals surface area contributed by atoms with Crippen LogP contribution in [-0.4, -0.2) is 57.9 Å². The van der Waals surface area contributed by atoms with Crippen LogP contribution in [0.3, 0.4) is 0 Å². The van der Waals surface area contributed by atoms with E-state index < -0.39 is 0 Å². The molecule has 2 aromatic rings. The summed E-state index contributed by atoms with van der Waals surface area (Å²) in [5, 5.41) is 0. The number of rotatable bonds is 8. The highest BCUT2D eigenvalue weighted by molar-refractivity contribution is 5.94. The Balaban J connectivity index is 1.69. The Bertz CT molecular complexity index is 830. The molecule has 1 saturated heterocycles. The smallest absolute Gasteiger partial charge is 0.253 e. The van der Waals surface area contributed by atoms with Gasteiger partial charge < -0.3 is 19.1 Å². The van der Waals surface area contributed by atoms with E-state index in [4.69, 9.17) is 14.2 Å². The molecule has 0 unspecified atom stereocenters. The number of hydrogen-bond acceptors (Lipinski definition) is 5. The fraction of sp³-hybridized carbons (Fsp3) is 0.458. The van der Waals surface area contributed by atoms with Gasteiger partial charge in [0, 0.05) is 44.0 Å². The molecule has 0 spiro atoms. The van der Waals surface area contributed by atoms with E-state index in [-0.39, 0.29) is 18.6 Å². The van der Waals surface area contributed by atoms with Gasteiger partial charge in [0.1, 0.15) is 18.1 Å². The van der Waals surface area contributed by atoms with Gasteiger partial charge in [0.2, 0.25) is 0 Å². The second-order valence-corrected chi connectivity index (χ2v) is 7.72. The van der Waals surface area contributed by atoms with Crippen molar-refractivity contribution in [1.29, 1.82) is 0 Å². The summed E-state index contributed by atoms with van der Waals surface area (Å²) < 4.78 is 16.0. The maximum atomic E-state index is 12.8. The molecule has 0 N–H and O–H groups in total. The summed E-state index contributed by atoms with van der Waals surface area (Å²) in [4.78, 5) is 17.1. The minimum Gasteiger partial charge on any atom is -0.497 e. The second-order valence-electron chi connectivity index (χ2n) is 7.72. The first-order valence-corrected chi connectivity index (χ1v) is 10.4. The maximum Gasteiger partial charge on any atom is 0.253 e. The summed E-state index contributed by atoms with van der Waals surface area (Å²) in [6.07, 6.45) is 1.82. The molecule has 0 saturated carbocycles. The van der Waals surface area contributed by atoms with Gasteiger partial charge >= 0.3 is 0 Å². The van der Waals surface area contributed by atoms with Gasteiger partial charge in [0.15, 0.2) is 0 Å². The largest absolute Gasteiger partial charge is 0.497 e. The lowest BCUT2D eigenvalue weighted by Gasteiger charge is -2.38. The van der Waals surface area contributed by atoms with Gasteiger partial charge in [0.05, 0.1) is 14.2 Å². The van der Waals surface area contributed by atoms with Gasteiger partial charge in [-0.05, 0) is 50.1 Å². The van der Waals surface area contributed by atoms with Crippen LogP contribution in [0.5, 0.6) is 11.5 Å². The summed E-state index contributed by atoms with van der Waals surface area (Å²) in [5.74, 6) is 1.71. The first-order valence-electron chi connectivity index (χ1n) is 10.4. The van der Waals surface area contributed by atoms with Crippen molar-refractivity contribution >= 4 is 11.6 Å². The number of hydrogen-bond donors (Lipinski definition) is 0.